The van der Waals surface area contributed by atoms with E-state index in [1.54, 1.807) is 29.8 Å². The highest BCUT2D eigenvalue weighted by atomic mass is 32.1. The van der Waals surface area contributed by atoms with Crippen LogP contribution < -0.4 is 10.1 Å². The third-order valence-corrected chi connectivity index (χ3v) is 4.95. The summed E-state index contributed by atoms with van der Waals surface area (Å²) in [5.41, 5.74) is 2.48. The van der Waals surface area contributed by atoms with Crippen LogP contribution in [0.25, 0.3) is 22.2 Å². The fourth-order valence-corrected chi connectivity index (χ4v) is 3.71. The van der Waals surface area contributed by atoms with Gasteiger partial charge in [0.15, 0.2) is 5.13 Å². The number of ether oxygens (including phenoxy) is 1. The lowest BCUT2D eigenvalue weighted by Crippen LogP contribution is -2.14. The van der Waals surface area contributed by atoms with Crippen LogP contribution in [0.2, 0.25) is 0 Å². The van der Waals surface area contributed by atoms with E-state index in [9.17, 15) is 13.6 Å². The first-order valence-corrected chi connectivity index (χ1v) is 9.60. The molecule has 0 aliphatic heterocycles. The smallest absolute Gasteiger partial charge is 0.387 e. The van der Waals surface area contributed by atoms with Crippen molar-refractivity contribution >= 4 is 33.3 Å². The molecule has 2 aromatic carbocycles. The van der Waals surface area contributed by atoms with Crippen molar-refractivity contribution in [3.8, 4) is 17.0 Å². The Bertz CT molecular complexity index is 1160. The number of hydrogen-bond donors (Lipinski definition) is 1. The van der Waals surface area contributed by atoms with Gasteiger partial charge in [0, 0.05) is 22.5 Å². The maximum absolute atomic E-state index is 12.6. The van der Waals surface area contributed by atoms with Crippen molar-refractivity contribution in [2.45, 2.75) is 13.0 Å². The van der Waals surface area contributed by atoms with Crippen LogP contribution in [0.3, 0.4) is 0 Å². The van der Waals surface area contributed by atoms with Gasteiger partial charge in [-0.2, -0.15) is 8.78 Å². The van der Waals surface area contributed by atoms with Gasteiger partial charge in [0.2, 0.25) is 5.91 Å². The van der Waals surface area contributed by atoms with Gasteiger partial charge in [-0.3, -0.25) is 9.78 Å². The van der Waals surface area contributed by atoms with Crippen molar-refractivity contribution in [1.82, 2.24) is 9.97 Å². The predicted octanol–water partition coefficient (Wildman–Crippen LogP) is 5.14. The molecule has 0 bridgehead atoms. The van der Waals surface area contributed by atoms with E-state index in [-0.39, 0.29) is 18.1 Å². The zero-order valence-electron chi connectivity index (χ0n) is 15.0. The highest BCUT2D eigenvalue weighted by Gasteiger charge is 2.15. The molecule has 0 aliphatic carbocycles. The van der Waals surface area contributed by atoms with Crippen LogP contribution >= 0.6 is 11.3 Å². The number of anilines is 1. The molecule has 0 fully saturated rings. The molecule has 0 aliphatic rings. The minimum Gasteiger partial charge on any atom is -0.434 e. The number of carbonyl (C=O) groups is 1. The summed E-state index contributed by atoms with van der Waals surface area (Å²) in [6, 6.07) is 15.9. The number of amides is 1. The zero-order chi connectivity index (χ0) is 20.2. The topological polar surface area (TPSA) is 64.1 Å². The van der Waals surface area contributed by atoms with Gasteiger partial charge in [-0.15, -0.1) is 11.3 Å². The minimum atomic E-state index is -2.93. The lowest BCUT2D eigenvalue weighted by Gasteiger charge is -2.08. The third-order valence-electron chi connectivity index (χ3n) is 4.20. The van der Waals surface area contributed by atoms with Crippen molar-refractivity contribution in [1.29, 1.82) is 0 Å². The molecule has 2 aromatic heterocycles. The minimum absolute atomic E-state index is 0.0347. The van der Waals surface area contributed by atoms with Gasteiger partial charge >= 0.3 is 6.61 Å². The van der Waals surface area contributed by atoms with Gasteiger partial charge < -0.3 is 10.1 Å². The van der Waals surface area contributed by atoms with Gasteiger partial charge in [-0.25, -0.2) is 4.98 Å². The van der Waals surface area contributed by atoms with Gasteiger partial charge in [0.05, 0.1) is 17.6 Å². The summed E-state index contributed by atoms with van der Waals surface area (Å²) in [6.45, 7) is -2.93. The number of hydrogen-bond acceptors (Lipinski definition) is 5. The summed E-state index contributed by atoms with van der Waals surface area (Å²) in [7, 11) is 0. The number of carbonyl (C=O) groups excluding carboxylic acids is 1. The predicted molar refractivity (Wildman–Crippen MR) is 108 cm³/mol. The molecule has 0 saturated heterocycles. The van der Waals surface area contributed by atoms with Gasteiger partial charge in [0.25, 0.3) is 0 Å². The molecule has 0 saturated carbocycles. The Hall–Kier alpha value is -3.39. The van der Waals surface area contributed by atoms with E-state index in [1.165, 1.54) is 17.4 Å². The summed E-state index contributed by atoms with van der Waals surface area (Å²) in [6.07, 6.45) is 1.84. The summed E-state index contributed by atoms with van der Waals surface area (Å²) < 4.78 is 29.8. The highest BCUT2D eigenvalue weighted by molar-refractivity contribution is 7.14. The largest absolute Gasteiger partial charge is 0.434 e. The van der Waals surface area contributed by atoms with Crippen LogP contribution in [0.5, 0.6) is 5.75 Å². The second kappa shape index (κ2) is 8.32. The third kappa shape index (κ3) is 4.38. The quantitative estimate of drug-likeness (QED) is 0.477. The summed E-state index contributed by atoms with van der Waals surface area (Å²) in [5.74, 6) is -0.200. The standard InChI is InChI=1S/C21H15F2N3O2S/c22-20(23)28-17-9-2-1-8-15(17)16-12-29-21(25-16)26-18(27)11-14-6-3-5-13-7-4-10-24-19(13)14/h1-10,12,20H,11H2,(H,25,26,27). The first kappa shape index (κ1) is 18.9. The molecule has 1 N–H and O–H groups in total. The van der Waals surface area contributed by atoms with Gasteiger partial charge in [-0.1, -0.05) is 36.4 Å². The molecule has 29 heavy (non-hydrogen) atoms. The first-order chi connectivity index (χ1) is 14.1. The average molecular weight is 411 g/mol. The van der Waals surface area contributed by atoms with Crippen LogP contribution in [0, 0.1) is 0 Å². The number of para-hydroxylation sites is 2. The SMILES string of the molecule is O=C(Cc1cccc2cccnc12)Nc1nc(-c2ccccc2OC(F)F)cs1. The zero-order valence-corrected chi connectivity index (χ0v) is 15.8. The second-order valence-corrected chi connectivity index (χ2v) is 6.99. The van der Waals surface area contributed by atoms with E-state index in [1.807, 2.05) is 30.3 Å². The molecule has 0 spiro atoms. The number of nitrogens with zero attached hydrogens (tertiary/aromatic N) is 2. The molecule has 5 nitrogen and oxygen atoms in total. The van der Waals surface area contributed by atoms with E-state index >= 15 is 0 Å². The Kier molecular flexibility index (Phi) is 5.44. The Morgan fingerprint density at radius 1 is 1.10 bits per heavy atom. The Labute approximate surface area is 169 Å². The number of nitrogens with one attached hydrogen (secondary N) is 1. The highest BCUT2D eigenvalue weighted by Crippen LogP contribution is 2.33. The van der Waals surface area contributed by atoms with Crippen molar-refractivity contribution in [3.05, 3.63) is 71.7 Å². The van der Waals surface area contributed by atoms with Crippen molar-refractivity contribution < 1.29 is 18.3 Å². The molecule has 146 valence electrons. The molecule has 2 heterocycles. The maximum atomic E-state index is 12.6. The first-order valence-electron chi connectivity index (χ1n) is 8.72. The van der Waals surface area contributed by atoms with Gasteiger partial charge in [-0.05, 0) is 23.8 Å². The number of thiazole rings is 1. The van der Waals surface area contributed by atoms with E-state index in [0.29, 0.717) is 16.4 Å². The maximum Gasteiger partial charge on any atom is 0.387 e. The van der Waals surface area contributed by atoms with E-state index in [4.69, 9.17) is 0 Å². The molecule has 8 heteroatoms. The lowest BCUT2D eigenvalue weighted by molar-refractivity contribution is -0.115. The molecule has 0 atom stereocenters. The fraction of sp³-hybridized carbons (Fsp3) is 0.0952. The van der Waals surface area contributed by atoms with E-state index in [2.05, 4.69) is 20.0 Å². The molecule has 0 unspecified atom stereocenters. The van der Waals surface area contributed by atoms with Crippen LogP contribution in [0.1, 0.15) is 5.56 Å². The molecule has 4 aromatic rings. The summed E-state index contributed by atoms with van der Waals surface area (Å²) in [5, 5.41) is 5.78. The number of aromatic nitrogens is 2. The van der Waals surface area contributed by atoms with Crippen LogP contribution in [-0.4, -0.2) is 22.5 Å². The molecular formula is C21H15F2N3O2S. The normalized spacial score (nSPS) is 11.0. The van der Waals surface area contributed by atoms with Crippen LogP contribution in [-0.2, 0) is 11.2 Å². The summed E-state index contributed by atoms with van der Waals surface area (Å²) in [4.78, 5) is 21.2. The Balaban J connectivity index is 1.50. The summed E-state index contributed by atoms with van der Waals surface area (Å²) >= 11 is 1.21. The second-order valence-electron chi connectivity index (χ2n) is 6.13. The van der Waals surface area contributed by atoms with E-state index < -0.39 is 6.61 Å². The fourth-order valence-electron chi connectivity index (χ4n) is 2.98. The number of pyridine rings is 1. The van der Waals surface area contributed by atoms with Crippen molar-refractivity contribution in [2.75, 3.05) is 5.32 Å². The Morgan fingerprint density at radius 2 is 1.93 bits per heavy atom. The number of alkyl halides is 2. The van der Waals surface area contributed by atoms with E-state index in [0.717, 1.165) is 16.5 Å². The van der Waals surface area contributed by atoms with Crippen molar-refractivity contribution in [2.24, 2.45) is 0 Å². The number of rotatable bonds is 6. The molecule has 1 amide bonds. The number of halogens is 2. The average Bonchev–Trinajstić information content (AvgIpc) is 3.16. The molecule has 4 rings (SSSR count). The molecule has 0 radical (unpaired) electrons. The monoisotopic (exact) mass is 411 g/mol. The lowest BCUT2D eigenvalue weighted by atomic mass is 10.1. The van der Waals surface area contributed by atoms with Crippen LogP contribution in [0.15, 0.2) is 66.2 Å². The van der Waals surface area contributed by atoms with Crippen LogP contribution in [0.4, 0.5) is 13.9 Å². The molecular weight excluding hydrogens is 396 g/mol. The number of fused-ring (bicyclic) bond motifs is 1. The Morgan fingerprint density at radius 3 is 2.79 bits per heavy atom. The number of benzene rings is 2. The van der Waals surface area contributed by atoms with Gasteiger partial charge in [0.1, 0.15) is 5.75 Å². The van der Waals surface area contributed by atoms with Crippen molar-refractivity contribution in [3.63, 3.8) is 0 Å².